The minimum absolute atomic E-state index is 0.618. The van der Waals surface area contributed by atoms with E-state index in [1.807, 2.05) is 43.3 Å². The van der Waals surface area contributed by atoms with Crippen molar-refractivity contribution in [3.8, 4) is 11.5 Å². The molecule has 0 unspecified atom stereocenters. The summed E-state index contributed by atoms with van der Waals surface area (Å²) in [5, 5.41) is 3.89. The van der Waals surface area contributed by atoms with Gasteiger partial charge in [-0.1, -0.05) is 30.7 Å². The standard InChI is InChI=1S/C16H17BrClNO/c1-3-19-10-12-5-7-16(14(18)9-12)20-15-6-4-11(2)8-13(15)17/h4-9,19H,3,10H2,1-2H3. The van der Waals surface area contributed by atoms with Crippen molar-refractivity contribution < 1.29 is 4.74 Å². The van der Waals surface area contributed by atoms with E-state index in [1.54, 1.807) is 0 Å². The van der Waals surface area contributed by atoms with Gasteiger partial charge in [-0.2, -0.15) is 0 Å². The molecule has 0 aromatic heterocycles. The lowest BCUT2D eigenvalue weighted by atomic mass is 10.2. The molecular weight excluding hydrogens is 338 g/mol. The van der Waals surface area contributed by atoms with E-state index in [9.17, 15) is 0 Å². The molecule has 0 saturated heterocycles. The van der Waals surface area contributed by atoms with Crippen LogP contribution in [0, 0.1) is 6.92 Å². The maximum Gasteiger partial charge on any atom is 0.146 e. The molecule has 0 atom stereocenters. The number of hydrogen-bond acceptors (Lipinski definition) is 2. The Bertz CT molecular complexity index is 601. The monoisotopic (exact) mass is 353 g/mol. The lowest BCUT2D eigenvalue weighted by Gasteiger charge is -2.11. The Morgan fingerprint density at radius 3 is 2.55 bits per heavy atom. The summed E-state index contributed by atoms with van der Waals surface area (Å²) in [5.74, 6) is 1.42. The molecule has 20 heavy (non-hydrogen) atoms. The predicted molar refractivity (Wildman–Crippen MR) is 87.8 cm³/mol. The first kappa shape index (κ1) is 15.4. The molecule has 0 radical (unpaired) electrons. The van der Waals surface area contributed by atoms with Gasteiger partial charge in [0.25, 0.3) is 0 Å². The zero-order chi connectivity index (χ0) is 14.5. The van der Waals surface area contributed by atoms with Crippen LogP contribution in [0.5, 0.6) is 11.5 Å². The quantitative estimate of drug-likeness (QED) is 0.785. The van der Waals surface area contributed by atoms with Gasteiger partial charge in [-0.15, -0.1) is 0 Å². The molecule has 0 aliphatic carbocycles. The molecule has 0 spiro atoms. The Morgan fingerprint density at radius 1 is 1.15 bits per heavy atom. The predicted octanol–water partition coefficient (Wildman–Crippen LogP) is 5.31. The summed E-state index contributed by atoms with van der Waals surface area (Å²) in [7, 11) is 0. The molecule has 2 aromatic carbocycles. The highest BCUT2D eigenvalue weighted by molar-refractivity contribution is 9.10. The third-order valence-corrected chi connectivity index (χ3v) is 3.80. The normalized spacial score (nSPS) is 10.6. The molecule has 0 heterocycles. The fourth-order valence-electron chi connectivity index (χ4n) is 1.81. The summed E-state index contributed by atoms with van der Waals surface area (Å²) >= 11 is 9.77. The Labute approximate surface area is 133 Å². The first-order valence-electron chi connectivity index (χ1n) is 6.53. The molecule has 2 aromatic rings. The molecule has 0 amide bonds. The van der Waals surface area contributed by atoms with Crippen molar-refractivity contribution >= 4 is 27.5 Å². The van der Waals surface area contributed by atoms with Gasteiger partial charge in [0.15, 0.2) is 0 Å². The number of halogens is 2. The van der Waals surface area contributed by atoms with E-state index in [0.29, 0.717) is 10.8 Å². The Hall–Kier alpha value is -1.03. The van der Waals surface area contributed by atoms with Crippen molar-refractivity contribution in [2.24, 2.45) is 0 Å². The number of nitrogens with one attached hydrogen (secondary N) is 1. The maximum atomic E-state index is 6.27. The van der Waals surface area contributed by atoms with Gasteiger partial charge in [0.05, 0.1) is 9.50 Å². The van der Waals surface area contributed by atoms with Crippen LogP contribution in [0.3, 0.4) is 0 Å². The molecule has 0 fully saturated rings. The molecule has 0 aliphatic heterocycles. The molecule has 0 bridgehead atoms. The Kier molecular flexibility index (Phi) is 5.46. The summed E-state index contributed by atoms with van der Waals surface area (Å²) in [6.45, 7) is 5.86. The number of aryl methyl sites for hydroxylation is 1. The number of ether oxygens (including phenoxy) is 1. The second-order valence-corrected chi connectivity index (χ2v) is 5.84. The van der Waals surface area contributed by atoms with Gasteiger partial charge in [-0.05, 0) is 64.8 Å². The zero-order valence-electron chi connectivity index (χ0n) is 11.5. The van der Waals surface area contributed by atoms with E-state index >= 15 is 0 Å². The van der Waals surface area contributed by atoms with E-state index in [1.165, 1.54) is 5.56 Å². The van der Waals surface area contributed by atoms with Crippen molar-refractivity contribution in [1.82, 2.24) is 5.32 Å². The molecule has 2 rings (SSSR count). The van der Waals surface area contributed by atoms with Crippen molar-refractivity contribution in [3.63, 3.8) is 0 Å². The largest absolute Gasteiger partial charge is 0.455 e. The van der Waals surface area contributed by atoms with Crippen LogP contribution in [0.15, 0.2) is 40.9 Å². The molecule has 1 N–H and O–H groups in total. The molecule has 0 aliphatic rings. The fourth-order valence-corrected chi connectivity index (χ4v) is 2.63. The van der Waals surface area contributed by atoms with Crippen LogP contribution in [-0.4, -0.2) is 6.54 Å². The Morgan fingerprint density at radius 2 is 1.90 bits per heavy atom. The fraction of sp³-hybridized carbons (Fsp3) is 0.250. The Balaban J connectivity index is 2.17. The summed E-state index contributed by atoms with van der Waals surface area (Å²) in [6.07, 6.45) is 0. The van der Waals surface area contributed by atoms with Crippen LogP contribution in [-0.2, 0) is 6.54 Å². The summed E-state index contributed by atoms with van der Waals surface area (Å²) in [6, 6.07) is 11.8. The molecule has 0 saturated carbocycles. The van der Waals surface area contributed by atoms with Crippen molar-refractivity contribution in [1.29, 1.82) is 0 Å². The van der Waals surface area contributed by atoms with Crippen molar-refractivity contribution in [3.05, 3.63) is 57.0 Å². The third kappa shape index (κ3) is 3.98. The van der Waals surface area contributed by atoms with Gasteiger partial charge in [-0.3, -0.25) is 0 Å². The maximum absolute atomic E-state index is 6.27. The van der Waals surface area contributed by atoms with Crippen molar-refractivity contribution in [2.75, 3.05) is 6.54 Å². The number of benzene rings is 2. The van der Waals surface area contributed by atoms with Crippen LogP contribution >= 0.6 is 27.5 Å². The van der Waals surface area contributed by atoms with Gasteiger partial charge < -0.3 is 10.1 Å². The molecule has 4 heteroatoms. The van der Waals surface area contributed by atoms with Crippen LogP contribution in [0.4, 0.5) is 0 Å². The van der Waals surface area contributed by atoms with E-state index in [0.717, 1.165) is 28.9 Å². The van der Waals surface area contributed by atoms with E-state index < -0.39 is 0 Å². The second-order valence-electron chi connectivity index (χ2n) is 4.58. The SMILES string of the molecule is CCNCc1ccc(Oc2ccc(C)cc2Br)c(Cl)c1. The van der Waals surface area contributed by atoms with E-state index in [2.05, 4.69) is 28.2 Å². The van der Waals surface area contributed by atoms with Gasteiger partial charge >= 0.3 is 0 Å². The topological polar surface area (TPSA) is 21.3 Å². The highest BCUT2D eigenvalue weighted by Gasteiger charge is 2.07. The number of rotatable bonds is 5. The van der Waals surface area contributed by atoms with Gasteiger partial charge in [-0.25, -0.2) is 0 Å². The first-order valence-corrected chi connectivity index (χ1v) is 7.70. The van der Waals surface area contributed by atoms with E-state index in [4.69, 9.17) is 16.3 Å². The summed E-state index contributed by atoms with van der Waals surface area (Å²) in [4.78, 5) is 0. The number of hydrogen-bond donors (Lipinski definition) is 1. The van der Waals surface area contributed by atoms with Crippen LogP contribution < -0.4 is 10.1 Å². The highest BCUT2D eigenvalue weighted by Crippen LogP contribution is 2.34. The average Bonchev–Trinajstić information content (AvgIpc) is 2.42. The molecule has 2 nitrogen and oxygen atoms in total. The minimum atomic E-state index is 0.618. The van der Waals surface area contributed by atoms with Gasteiger partial charge in [0, 0.05) is 6.54 Å². The van der Waals surface area contributed by atoms with Gasteiger partial charge in [0.1, 0.15) is 11.5 Å². The van der Waals surface area contributed by atoms with Crippen LogP contribution in [0.1, 0.15) is 18.1 Å². The molecular formula is C16H17BrClNO. The van der Waals surface area contributed by atoms with Crippen LogP contribution in [0.25, 0.3) is 0 Å². The van der Waals surface area contributed by atoms with E-state index in [-0.39, 0.29) is 0 Å². The smallest absolute Gasteiger partial charge is 0.146 e. The minimum Gasteiger partial charge on any atom is -0.455 e. The van der Waals surface area contributed by atoms with Crippen molar-refractivity contribution in [2.45, 2.75) is 20.4 Å². The first-order chi connectivity index (χ1) is 9.60. The second kappa shape index (κ2) is 7.11. The zero-order valence-corrected chi connectivity index (χ0v) is 13.9. The van der Waals surface area contributed by atoms with Crippen LogP contribution in [0.2, 0.25) is 5.02 Å². The molecule has 106 valence electrons. The lowest BCUT2D eigenvalue weighted by molar-refractivity contribution is 0.479. The highest BCUT2D eigenvalue weighted by atomic mass is 79.9. The third-order valence-electron chi connectivity index (χ3n) is 2.88. The lowest BCUT2D eigenvalue weighted by Crippen LogP contribution is -2.11. The summed E-state index contributed by atoms with van der Waals surface area (Å²) < 4.78 is 6.78. The average molecular weight is 355 g/mol. The summed E-state index contributed by atoms with van der Waals surface area (Å²) in [5.41, 5.74) is 2.32. The van der Waals surface area contributed by atoms with Gasteiger partial charge in [0.2, 0.25) is 0 Å².